The van der Waals surface area contributed by atoms with Crippen molar-refractivity contribution in [2.24, 2.45) is 4.99 Å². The highest BCUT2D eigenvalue weighted by Gasteiger charge is 2.21. The quantitative estimate of drug-likeness (QED) is 0.473. The van der Waals surface area contributed by atoms with Crippen LogP contribution in [-0.4, -0.2) is 30.4 Å². The molecule has 0 unspecified atom stereocenters. The van der Waals surface area contributed by atoms with Crippen LogP contribution in [0.15, 0.2) is 64.1 Å². The third-order valence-corrected chi connectivity index (χ3v) is 5.30. The normalized spacial score (nSPS) is 14.2. The Bertz CT molecular complexity index is 1050. The first-order valence-corrected chi connectivity index (χ1v) is 10.5. The standard InChI is InChI=1S/C24H27N5O2/c1-17-5-9-19(10-6-17)21-15-26-22(31-21)16-28-24(25-2)27-14-18-7-11-20(12-8-18)29-13-3-4-23(29)30/h5-12,15H,3-4,13-14,16H2,1-2H3,(H2,25,27,28). The minimum absolute atomic E-state index is 0.201. The highest BCUT2D eigenvalue weighted by atomic mass is 16.4. The van der Waals surface area contributed by atoms with E-state index < -0.39 is 0 Å². The Morgan fingerprint density at radius 2 is 1.84 bits per heavy atom. The number of rotatable bonds is 6. The number of hydrogen-bond donors (Lipinski definition) is 2. The highest BCUT2D eigenvalue weighted by Crippen LogP contribution is 2.22. The fraction of sp³-hybridized carbons (Fsp3) is 0.292. The maximum Gasteiger partial charge on any atom is 0.227 e. The summed E-state index contributed by atoms with van der Waals surface area (Å²) >= 11 is 0. The van der Waals surface area contributed by atoms with Gasteiger partial charge < -0.3 is 20.0 Å². The van der Waals surface area contributed by atoms with Crippen LogP contribution in [0.1, 0.15) is 29.9 Å². The van der Waals surface area contributed by atoms with E-state index in [9.17, 15) is 4.79 Å². The Labute approximate surface area is 182 Å². The Kier molecular flexibility index (Phi) is 6.31. The Morgan fingerprint density at radius 1 is 1.10 bits per heavy atom. The van der Waals surface area contributed by atoms with Gasteiger partial charge in [0.25, 0.3) is 0 Å². The van der Waals surface area contributed by atoms with Gasteiger partial charge in [-0.2, -0.15) is 0 Å². The van der Waals surface area contributed by atoms with Gasteiger partial charge in [-0.05, 0) is 31.0 Å². The summed E-state index contributed by atoms with van der Waals surface area (Å²) in [4.78, 5) is 22.3. The van der Waals surface area contributed by atoms with Gasteiger partial charge in [-0.3, -0.25) is 9.79 Å². The summed E-state index contributed by atoms with van der Waals surface area (Å²) in [7, 11) is 1.73. The molecule has 1 saturated heterocycles. The minimum atomic E-state index is 0.201. The first kappa shape index (κ1) is 20.7. The number of aliphatic imine (C=N–C) groups is 1. The van der Waals surface area contributed by atoms with Gasteiger partial charge in [0, 0.05) is 37.8 Å². The summed E-state index contributed by atoms with van der Waals surface area (Å²) in [5.74, 6) is 2.20. The first-order chi connectivity index (χ1) is 15.1. The van der Waals surface area contributed by atoms with Crippen LogP contribution in [0.2, 0.25) is 0 Å². The lowest BCUT2D eigenvalue weighted by Crippen LogP contribution is -2.36. The zero-order valence-electron chi connectivity index (χ0n) is 17.9. The van der Waals surface area contributed by atoms with Crippen LogP contribution in [0.25, 0.3) is 11.3 Å². The van der Waals surface area contributed by atoms with Crippen molar-refractivity contribution in [2.75, 3.05) is 18.5 Å². The molecule has 31 heavy (non-hydrogen) atoms. The van der Waals surface area contributed by atoms with Crippen molar-refractivity contribution < 1.29 is 9.21 Å². The smallest absolute Gasteiger partial charge is 0.227 e. The highest BCUT2D eigenvalue weighted by molar-refractivity contribution is 5.95. The van der Waals surface area contributed by atoms with Gasteiger partial charge in [0.15, 0.2) is 11.7 Å². The van der Waals surface area contributed by atoms with Gasteiger partial charge in [0.1, 0.15) is 0 Å². The molecule has 0 bridgehead atoms. The van der Waals surface area contributed by atoms with Crippen molar-refractivity contribution in [2.45, 2.75) is 32.9 Å². The lowest BCUT2D eigenvalue weighted by molar-refractivity contribution is -0.117. The Balaban J connectivity index is 1.28. The number of guanidine groups is 1. The van der Waals surface area contributed by atoms with Gasteiger partial charge >= 0.3 is 0 Å². The van der Waals surface area contributed by atoms with Crippen molar-refractivity contribution in [3.05, 3.63) is 71.7 Å². The minimum Gasteiger partial charge on any atom is -0.439 e. The Morgan fingerprint density at radius 3 is 2.52 bits per heavy atom. The fourth-order valence-electron chi connectivity index (χ4n) is 3.52. The SMILES string of the molecule is CN=C(NCc1ccc(N2CCCC2=O)cc1)NCc1ncc(-c2ccc(C)cc2)o1. The van der Waals surface area contributed by atoms with Crippen molar-refractivity contribution in [3.63, 3.8) is 0 Å². The van der Waals surface area contributed by atoms with Crippen molar-refractivity contribution in [1.29, 1.82) is 0 Å². The number of carbonyl (C=O) groups excluding carboxylic acids is 1. The topological polar surface area (TPSA) is 82.8 Å². The maximum atomic E-state index is 11.9. The zero-order chi connectivity index (χ0) is 21.6. The molecule has 2 heterocycles. The monoisotopic (exact) mass is 417 g/mol. The molecule has 2 aromatic carbocycles. The molecule has 2 N–H and O–H groups in total. The van der Waals surface area contributed by atoms with Gasteiger partial charge in [-0.15, -0.1) is 0 Å². The number of aryl methyl sites for hydroxylation is 1. The molecule has 0 atom stereocenters. The Hall–Kier alpha value is -3.61. The largest absolute Gasteiger partial charge is 0.439 e. The van der Waals surface area contributed by atoms with Gasteiger partial charge in [-0.1, -0.05) is 42.0 Å². The van der Waals surface area contributed by atoms with Gasteiger partial charge in [-0.25, -0.2) is 4.98 Å². The van der Waals surface area contributed by atoms with E-state index >= 15 is 0 Å². The number of hydrogen-bond acceptors (Lipinski definition) is 4. The first-order valence-electron chi connectivity index (χ1n) is 10.5. The van der Waals surface area contributed by atoms with E-state index in [1.54, 1.807) is 13.2 Å². The number of aromatic nitrogens is 1. The average Bonchev–Trinajstić information content (AvgIpc) is 3.44. The predicted molar refractivity (Wildman–Crippen MR) is 122 cm³/mol. The molecule has 3 aromatic rings. The molecule has 0 saturated carbocycles. The molecule has 0 radical (unpaired) electrons. The maximum absolute atomic E-state index is 11.9. The van der Waals surface area contributed by atoms with E-state index in [1.165, 1.54) is 5.56 Å². The molecule has 1 aliphatic heterocycles. The number of anilines is 1. The number of nitrogens with zero attached hydrogens (tertiary/aromatic N) is 3. The van der Waals surface area contributed by atoms with E-state index in [0.29, 0.717) is 31.4 Å². The summed E-state index contributed by atoms with van der Waals surface area (Å²) < 4.78 is 5.85. The number of amides is 1. The fourth-order valence-corrected chi connectivity index (χ4v) is 3.52. The zero-order valence-corrected chi connectivity index (χ0v) is 17.9. The number of benzene rings is 2. The molecule has 1 amide bonds. The number of nitrogens with one attached hydrogen (secondary N) is 2. The summed E-state index contributed by atoms with van der Waals surface area (Å²) in [5, 5.41) is 6.51. The molecular formula is C24H27N5O2. The van der Waals surface area contributed by atoms with E-state index in [-0.39, 0.29) is 5.91 Å². The van der Waals surface area contributed by atoms with Crippen molar-refractivity contribution in [3.8, 4) is 11.3 Å². The second-order valence-corrected chi connectivity index (χ2v) is 7.58. The molecule has 4 rings (SSSR count). The average molecular weight is 418 g/mol. The second-order valence-electron chi connectivity index (χ2n) is 7.58. The molecule has 0 spiro atoms. The van der Waals surface area contributed by atoms with Crippen molar-refractivity contribution >= 4 is 17.6 Å². The molecular weight excluding hydrogens is 390 g/mol. The third-order valence-electron chi connectivity index (χ3n) is 5.30. The lowest BCUT2D eigenvalue weighted by atomic mass is 10.1. The van der Waals surface area contributed by atoms with E-state index in [2.05, 4.69) is 39.7 Å². The molecule has 1 aliphatic rings. The summed E-state index contributed by atoms with van der Waals surface area (Å²) in [6.07, 6.45) is 3.31. The molecule has 7 heteroatoms. The predicted octanol–water partition coefficient (Wildman–Crippen LogP) is 3.64. The van der Waals surface area contributed by atoms with Crippen molar-refractivity contribution in [1.82, 2.24) is 15.6 Å². The van der Waals surface area contributed by atoms with Gasteiger partial charge in [0.2, 0.25) is 11.8 Å². The van der Waals surface area contributed by atoms with Gasteiger partial charge in [0.05, 0.1) is 12.7 Å². The lowest BCUT2D eigenvalue weighted by Gasteiger charge is -2.16. The summed E-state index contributed by atoms with van der Waals surface area (Å²) in [6.45, 7) is 3.91. The van der Waals surface area contributed by atoms with Crippen LogP contribution in [0.4, 0.5) is 5.69 Å². The van der Waals surface area contributed by atoms with E-state index in [1.807, 2.05) is 41.3 Å². The second kappa shape index (κ2) is 9.47. The number of carbonyl (C=O) groups is 1. The van der Waals surface area contributed by atoms with Crippen LogP contribution >= 0.6 is 0 Å². The van der Waals surface area contributed by atoms with Crippen LogP contribution in [0.3, 0.4) is 0 Å². The van der Waals surface area contributed by atoms with Crippen LogP contribution < -0.4 is 15.5 Å². The molecule has 7 nitrogen and oxygen atoms in total. The third kappa shape index (κ3) is 5.12. The van der Waals surface area contributed by atoms with E-state index in [4.69, 9.17) is 4.42 Å². The van der Waals surface area contributed by atoms with E-state index in [0.717, 1.165) is 35.5 Å². The molecule has 160 valence electrons. The molecule has 0 aliphatic carbocycles. The number of oxazole rings is 1. The summed E-state index contributed by atoms with van der Waals surface area (Å²) in [5.41, 5.74) is 4.28. The van der Waals surface area contributed by atoms with Crippen LogP contribution in [0, 0.1) is 6.92 Å². The summed E-state index contributed by atoms with van der Waals surface area (Å²) in [6, 6.07) is 16.2. The molecule has 1 aromatic heterocycles. The molecule has 1 fully saturated rings. The van der Waals surface area contributed by atoms with Crippen LogP contribution in [-0.2, 0) is 17.9 Å². The van der Waals surface area contributed by atoms with Crippen LogP contribution in [0.5, 0.6) is 0 Å².